The van der Waals surface area contributed by atoms with Crippen LogP contribution in [-0.4, -0.2) is 44.0 Å². The molecule has 2 heterocycles. The molecule has 5 rings (SSSR count). The molecule has 1 atom stereocenters. The molecule has 6 nitrogen and oxygen atoms in total. The van der Waals surface area contributed by atoms with Crippen LogP contribution in [0, 0.1) is 0 Å². The number of amides is 2. The molecule has 4 aromatic rings. The van der Waals surface area contributed by atoms with E-state index in [1.807, 2.05) is 54.6 Å². The van der Waals surface area contributed by atoms with Gasteiger partial charge in [0, 0.05) is 36.1 Å². The lowest BCUT2D eigenvalue weighted by atomic mass is 10.1. The van der Waals surface area contributed by atoms with Crippen LogP contribution >= 0.6 is 34.5 Å². The van der Waals surface area contributed by atoms with Gasteiger partial charge in [-0.3, -0.25) is 9.59 Å². The smallest absolute Gasteiger partial charge is 0.261 e. The summed E-state index contributed by atoms with van der Waals surface area (Å²) < 4.78 is 1.05. The Kier molecular flexibility index (Phi) is 7.96. The molecule has 1 aliphatic rings. The fraction of sp³-hybridized carbons (Fsp3) is 0.214. The lowest BCUT2D eigenvalue weighted by Crippen LogP contribution is -2.59. The van der Waals surface area contributed by atoms with Crippen LogP contribution in [0.4, 0.5) is 5.69 Å². The Morgan fingerprint density at radius 3 is 2.46 bits per heavy atom. The normalized spacial score (nSPS) is 14.3. The van der Waals surface area contributed by atoms with Gasteiger partial charge in [-0.15, -0.1) is 11.3 Å². The van der Waals surface area contributed by atoms with Crippen molar-refractivity contribution in [2.24, 2.45) is 0 Å². The molecule has 1 unspecified atom stereocenters. The van der Waals surface area contributed by atoms with Gasteiger partial charge in [-0.2, -0.15) is 0 Å². The molecular formula is C28H26Cl2N4O2S. The molecule has 0 saturated carbocycles. The molecule has 1 saturated heterocycles. The van der Waals surface area contributed by atoms with E-state index in [4.69, 9.17) is 23.2 Å². The zero-order chi connectivity index (χ0) is 25.8. The van der Waals surface area contributed by atoms with Crippen molar-refractivity contribution >= 4 is 62.1 Å². The fourth-order valence-electron chi connectivity index (χ4n) is 4.30. The van der Waals surface area contributed by atoms with Gasteiger partial charge in [0.2, 0.25) is 5.91 Å². The monoisotopic (exact) mass is 552 g/mol. The van der Waals surface area contributed by atoms with E-state index in [-0.39, 0.29) is 30.9 Å². The minimum atomic E-state index is -0.468. The molecule has 0 aliphatic carbocycles. The van der Waals surface area contributed by atoms with Gasteiger partial charge >= 0.3 is 0 Å². The van der Waals surface area contributed by atoms with Gasteiger partial charge in [0.1, 0.15) is 0 Å². The van der Waals surface area contributed by atoms with Gasteiger partial charge in [0.15, 0.2) is 0 Å². The Bertz CT molecular complexity index is 1370. The van der Waals surface area contributed by atoms with Crippen LogP contribution in [0.25, 0.3) is 10.1 Å². The van der Waals surface area contributed by atoms with Gasteiger partial charge in [-0.1, -0.05) is 65.7 Å². The quantitative estimate of drug-likeness (QED) is 0.264. The summed E-state index contributed by atoms with van der Waals surface area (Å²) in [6.07, 6.45) is 0. The summed E-state index contributed by atoms with van der Waals surface area (Å²) in [6, 6.07) is 24.9. The zero-order valence-corrected chi connectivity index (χ0v) is 22.2. The van der Waals surface area contributed by atoms with Crippen molar-refractivity contribution in [1.29, 1.82) is 0 Å². The molecule has 9 heteroatoms. The third-order valence-corrected chi connectivity index (χ3v) is 8.21. The Balaban J connectivity index is 1.19. The minimum absolute atomic E-state index is 0.162. The van der Waals surface area contributed by atoms with E-state index < -0.39 is 6.04 Å². The summed E-state index contributed by atoms with van der Waals surface area (Å²) in [5.41, 5.74) is 1.94. The van der Waals surface area contributed by atoms with E-state index in [2.05, 4.69) is 33.0 Å². The predicted molar refractivity (Wildman–Crippen MR) is 152 cm³/mol. The summed E-state index contributed by atoms with van der Waals surface area (Å²) in [6.45, 7) is 2.08. The number of rotatable bonds is 9. The van der Waals surface area contributed by atoms with Crippen LogP contribution in [0.15, 0.2) is 78.9 Å². The van der Waals surface area contributed by atoms with Crippen molar-refractivity contribution < 1.29 is 9.59 Å². The molecule has 3 aromatic carbocycles. The molecule has 0 radical (unpaired) electrons. The second kappa shape index (κ2) is 11.5. The van der Waals surface area contributed by atoms with Crippen LogP contribution in [-0.2, 0) is 4.79 Å². The van der Waals surface area contributed by atoms with Crippen molar-refractivity contribution in [2.75, 3.05) is 31.1 Å². The van der Waals surface area contributed by atoms with Gasteiger partial charge in [0.25, 0.3) is 5.91 Å². The van der Waals surface area contributed by atoms with E-state index in [1.165, 1.54) is 17.0 Å². The molecular weight excluding hydrogens is 527 g/mol. The predicted octanol–water partition coefficient (Wildman–Crippen LogP) is 5.27. The van der Waals surface area contributed by atoms with Crippen molar-refractivity contribution in [2.45, 2.75) is 12.1 Å². The summed E-state index contributed by atoms with van der Waals surface area (Å²) in [7, 11) is 0. The number of halogens is 2. The average molecular weight is 554 g/mol. The molecule has 0 bridgehead atoms. The Labute approximate surface area is 229 Å². The number of carbonyl (C=O) groups is 2. The van der Waals surface area contributed by atoms with Crippen molar-refractivity contribution in [3.63, 3.8) is 0 Å². The standard InChI is InChI=1S/C28H26Cl2N4O2S/c29-22-11-10-18(12-23(22)30)24(14-32-28(36)26-13-19-6-4-5-9-25(19)37-26)33-27(35)15-31-20-16-34(17-20)21-7-2-1-3-8-21/h1-13,20,24,31H,14-17H2,(H,32,36)(H,33,35). The van der Waals surface area contributed by atoms with Crippen LogP contribution in [0.2, 0.25) is 10.0 Å². The van der Waals surface area contributed by atoms with E-state index in [0.717, 1.165) is 28.7 Å². The Hall–Kier alpha value is -3.10. The van der Waals surface area contributed by atoms with Crippen LogP contribution in [0.5, 0.6) is 0 Å². The van der Waals surface area contributed by atoms with Crippen LogP contribution < -0.4 is 20.9 Å². The number of hydrogen-bond donors (Lipinski definition) is 3. The molecule has 190 valence electrons. The highest BCUT2D eigenvalue weighted by molar-refractivity contribution is 7.20. The fourth-order valence-corrected chi connectivity index (χ4v) is 5.58. The minimum Gasteiger partial charge on any atom is -0.368 e. The molecule has 37 heavy (non-hydrogen) atoms. The third-order valence-electron chi connectivity index (χ3n) is 6.35. The first-order valence-electron chi connectivity index (χ1n) is 12.0. The number of anilines is 1. The summed E-state index contributed by atoms with van der Waals surface area (Å²) >= 11 is 13.8. The Morgan fingerprint density at radius 1 is 0.946 bits per heavy atom. The third kappa shape index (κ3) is 6.25. The summed E-state index contributed by atoms with van der Waals surface area (Å²) in [5.74, 6) is -0.348. The Morgan fingerprint density at radius 2 is 1.70 bits per heavy atom. The summed E-state index contributed by atoms with van der Waals surface area (Å²) in [4.78, 5) is 28.6. The lowest BCUT2D eigenvalue weighted by molar-refractivity contribution is -0.121. The molecule has 1 fully saturated rings. The van der Waals surface area contributed by atoms with Crippen LogP contribution in [0.3, 0.4) is 0 Å². The first-order chi connectivity index (χ1) is 18.0. The van der Waals surface area contributed by atoms with Crippen molar-refractivity contribution in [3.8, 4) is 0 Å². The second-order valence-corrected chi connectivity index (χ2v) is 10.9. The van der Waals surface area contributed by atoms with Crippen LogP contribution in [0.1, 0.15) is 21.3 Å². The van der Waals surface area contributed by atoms with Crippen molar-refractivity contribution in [1.82, 2.24) is 16.0 Å². The highest BCUT2D eigenvalue weighted by Crippen LogP contribution is 2.27. The largest absolute Gasteiger partial charge is 0.368 e. The highest BCUT2D eigenvalue weighted by atomic mass is 35.5. The number of carbonyl (C=O) groups excluding carboxylic acids is 2. The topological polar surface area (TPSA) is 73.5 Å². The maximum atomic E-state index is 12.9. The summed E-state index contributed by atoms with van der Waals surface area (Å²) in [5, 5.41) is 11.2. The van der Waals surface area contributed by atoms with Crippen molar-refractivity contribution in [3.05, 3.63) is 99.3 Å². The number of thiophene rings is 1. The first-order valence-corrected chi connectivity index (χ1v) is 13.6. The van der Waals surface area contributed by atoms with E-state index in [9.17, 15) is 9.59 Å². The molecule has 0 spiro atoms. The first kappa shape index (κ1) is 25.5. The number of hydrogen-bond acceptors (Lipinski definition) is 5. The molecule has 3 N–H and O–H groups in total. The maximum Gasteiger partial charge on any atom is 0.261 e. The number of nitrogens with zero attached hydrogens (tertiary/aromatic N) is 1. The lowest BCUT2D eigenvalue weighted by Gasteiger charge is -2.41. The van der Waals surface area contributed by atoms with E-state index in [1.54, 1.807) is 12.1 Å². The maximum absolute atomic E-state index is 12.9. The van der Waals surface area contributed by atoms with Gasteiger partial charge in [0.05, 0.1) is 27.5 Å². The number of fused-ring (bicyclic) bond motifs is 1. The SMILES string of the molecule is O=C(CNC1CN(c2ccccc2)C1)NC(CNC(=O)c1cc2ccccc2s1)c1ccc(Cl)c(Cl)c1. The zero-order valence-electron chi connectivity index (χ0n) is 19.9. The molecule has 1 aliphatic heterocycles. The number of nitrogens with one attached hydrogen (secondary N) is 3. The second-order valence-electron chi connectivity index (χ2n) is 8.97. The molecule has 2 amide bonds. The van der Waals surface area contributed by atoms with Gasteiger partial charge in [-0.05, 0) is 47.3 Å². The average Bonchev–Trinajstić information content (AvgIpc) is 3.32. The number of benzene rings is 3. The number of para-hydroxylation sites is 1. The van der Waals surface area contributed by atoms with Gasteiger partial charge in [-0.25, -0.2) is 0 Å². The highest BCUT2D eigenvalue weighted by Gasteiger charge is 2.27. The van der Waals surface area contributed by atoms with E-state index >= 15 is 0 Å². The van der Waals surface area contributed by atoms with Gasteiger partial charge < -0.3 is 20.9 Å². The van der Waals surface area contributed by atoms with E-state index in [0.29, 0.717) is 14.9 Å². The molecule has 1 aromatic heterocycles.